The van der Waals surface area contributed by atoms with E-state index in [0.717, 1.165) is 23.8 Å². The third kappa shape index (κ3) is 2.92. The summed E-state index contributed by atoms with van der Waals surface area (Å²) in [5.74, 6) is 4.39. The lowest BCUT2D eigenvalue weighted by molar-refractivity contribution is 0.288. The summed E-state index contributed by atoms with van der Waals surface area (Å²) in [4.78, 5) is 3.92. The summed E-state index contributed by atoms with van der Waals surface area (Å²) in [7, 11) is 0. The van der Waals surface area contributed by atoms with Crippen LogP contribution in [0.15, 0.2) is 36.5 Å². The minimum Gasteiger partial charge on any atom is -0.486 e. The van der Waals surface area contributed by atoms with Crippen LogP contribution in [-0.4, -0.2) is 4.98 Å². The topological polar surface area (TPSA) is 60.2 Å². The molecule has 1 aromatic heterocycles. The molecule has 0 aliphatic heterocycles. The van der Waals surface area contributed by atoms with Crippen molar-refractivity contribution in [2.75, 3.05) is 5.43 Å². The number of hydrogen-bond donors (Lipinski definition) is 2. The predicted octanol–water partition coefficient (Wildman–Crippen LogP) is 2.22. The van der Waals surface area contributed by atoms with Crippen molar-refractivity contribution >= 4 is 5.82 Å². The molecule has 6 heteroatoms. The summed E-state index contributed by atoms with van der Waals surface area (Å²) in [6, 6.07) is 6.39. The van der Waals surface area contributed by atoms with E-state index in [9.17, 15) is 8.78 Å². The SMILES string of the molecule is NNc1cc(COc2cc(F)ccc2F)ccn1. The molecule has 18 heavy (non-hydrogen) atoms. The molecule has 0 saturated heterocycles. The number of nitrogens with zero attached hydrogens (tertiary/aromatic N) is 1. The fourth-order valence-electron chi connectivity index (χ4n) is 1.39. The van der Waals surface area contributed by atoms with Crippen LogP contribution in [0.3, 0.4) is 0 Å². The van der Waals surface area contributed by atoms with Crippen LogP contribution in [0.2, 0.25) is 0 Å². The summed E-state index contributed by atoms with van der Waals surface area (Å²) < 4.78 is 31.4. The monoisotopic (exact) mass is 251 g/mol. The standard InChI is InChI=1S/C12H11F2N3O/c13-9-1-2-10(14)11(6-9)18-7-8-3-4-16-12(5-8)17-15/h1-6H,7,15H2,(H,16,17). The molecule has 0 atom stereocenters. The molecule has 0 aliphatic rings. The first-order valence-corrected chi connectivity index (χ1v) is 5.18. The van der Waals surface area contributed by atoms with E-state index in [1.165, 1.54) is 6.20 Å². The Morgan fingerprint density at radius 1 is 1.22 bits per heavy atom. The van der Waals surface area contributed by atoms with Crippen LogP contribution in [0.1, 0.15) is 5.56 Å². The van der Waals surface area contributed by atoms with E-state index in [4.69, 9.17) is 10.6 Å². The number of nitrogen functional groups attached to an aromatic ring is 1. The van der Waals surface area contributed by atoms with Gasteiger partial charge in [-0.25, -0.2) is 19.6 Å². The zero-order valence-electron chi connectivity index (χ0n) is 9.36. The lowest BCUT2D eigenvalue weighted by Crippen LogP contribution is -2.09. The Balaban J connectivity index is 2.08. The Labute approximate surface area is 102 Å². The highest BCUT2D eigenvalue weighted by atomic mass is 19.1. The maximum atomic E-state index is 13.3. The average Bonchev–Trinajstić information content (AvgIpc) is 2.40. The van der Waals surface area contributed by atoms with Crippen LogP contribution >= 0.6 is 0 Å². The van der Waals surface area contributed by atoms with Crippen molar-refractivity contribution in [1.29, 1.82) is 0 Å². The van der Waals surface area contributed by atoms with Gasteiger partial charge in [-0.05, 0) is 29.8 Å². The van der Waals surface area contributed by atoms with Crippen molar-refractivity contribution in [2.24, 2.45) is 5.84 Å². The predicted molar refractivity (Wildman–Crippen MR) is 62.7 cm³/mol. The van der Waals surface area contributed by atoms with Gasteiger partial charge in [0.2, 0.25) is 0 Å². The van der Waals surface area contributed by atoms with Crippen LogP contribution in [0.5, 0.6) is 5.75 Å². The molecule has 2 aromatic rings. The molecular weight excluding hydrogens is 240 g/mol. The molecule has 0 radical (unpaired) electrons. The second-order valence-electron chi connectivity index (χ2n) is 3.56. The molecule has 0 fully saturated rings. The number of halogens is 2. The first kappa shape index (κ1) is 12.3. The molecule has 0 unspecified atom stereocenters. The Kier molecular flexibility index (Phi) is 3.69. The summed E-state index contributed by atoms with van der Waals surface area (Å²) in [5.41, 5.74) is 3.12. The molecule has 0 aliphatic carbocycles. The first-order chi connectivity index (χ1) is 8.69. The van der Waals surface area contributed by atoms with Crippen molar-refractivity contribution in [3.63, 3.8) is 0 Å². The molecule has 3 N–H and O–H groups in total. The van der Waals surface area contributed by atoms with Crippen molar-refractivity contribution in [2.45, 2.75) is 6.61 Å². The van der Waals surface area contributed by atoms with Crippen LogP contribution in [0, 0.1) is 11.6 Å². The fraction of sp³-hybridized carbons (Fsp3) is 0.0833. The highest BCUT2D eigenvalue weighted by Crippen LogP contribution is 2.19. The van der Waals surface area contributed by atoms with Gasteiger partial charge in [0.1, 0.15) is 18.2 Å². The third-order valence-corrected chi connectivity index (χ3v) is 2.26. The second-order valence-corrected chi connectivity index (χ2v) is 3.56. The Morgan fingerprint density at radius 3 is 2.83 bits per heavy atom. The molecule has 0 bridgehead atoms. The van der Waals surface area contributed by atoms with E-state index in [-0.39, 0.29) is 12.4 Å². The third-order valence-electron chi connectivity index (χ3n) is 2.26. The summed E-state index contributed by atoms with van der Waals surface area (Å²) in [6.45, 7) is 0.0948. The minimum atomic E-state index is -0.609. The van der Waals surface area contributed by atoms with Crippen LogP contribution in [-0.2, 0) is 6.61 Å². The Hall–Kier alpha value is -2.21. The smallest absolute Gasteiger partial charge is 0.165 e. The van der Waals surface area contributed by atoms with Gasteiger partial charge in [0.05, 0.1) is 0 Å². The van der Waals surface area contributed by atoms with Gasteiger partial charge in [0.25, 0.3) is 0 Å². The lowest BCUT2D eigenvalue weighted by atomic mass is 10.2. The number of nitrogens with one attached hydrogen (secondary N) is 1. The van der Waals surface area contributed by atoms with Crippen molar-refractivity contribution in [3.8, 4) is 5.75 Å². The van der Waals surface area contributed by atoms with E-state index >= 15 is 0 Å². The number of rotatable bonds is 4. The van der Waals surface area contributed by atoms with Crippen LogP contribution in [0.25, 0.3) is 0 Å². The number of ether oxygens (including phenoxy) is 1. The minimum absolute atomic E-state index is 0.0948. The zero-order chi connectivity index (χ0) is 13.0. The maximum Gasteiger partial charge on any atom is 0.165 e. The largest absolute Gasteiger partial charge is 0.486 e. The van der Waals surface area contributed by atoms with E-state index < -0.39 is 11.6 Å². The maximum absolute atomic E-state index is 13.3. The second kappa shape index (κ2) is 5.42. The number of hydrogen-bond acceptors (Lipinski definition) is 4. The molecule has 0 amide bonds. The summed E-state index contributed by atoms with van der Waals surface area (Å²) >= 11 is 0. The normalized spacial score (nSPS) is 10.2. The molecular formula is C12H11F2N3O. The van der Waals surface area contributed by atoms with Crippen LogP contribution < -0.4 is 16.0 Å². The average molecular weight is 251 g/mol. The zero-order valence-corrected chi connectivity index (χ0v) is 9.36. The molecule has 2 rings (SSSR count). The first-order valence-electron chi connectivity index (χ1n) is 5.18. The summed E-state index contributed by atoms with van der Waals surface area (Å²) in [6.07, 6.45) is 1.54. The van der Waals surface area contributed by atoms with Gasteiger partial charge in [-0.3, -0.25) is 0 Å². The van der Waals surface area contributed by atoms with Gasteiger partial charge in [0, 0.05) is 12.3 Å². The van der Waals surface area contributed by atoms with Gasteiger partial charge in [-0.1, -0.05) is 0 Å². The molecule has 0 saturated carbocycles. The van der Waals surface area contributed by atoms with E-state index in [2.05, 4.69) is 10.4 Å². The van der Waals surface area contributed by atoms with Crippen molar-refractivity contribution in [3.05, 3.63) is 53.7 Å². The molecule has 4 nitrogen and oxygen atoms in total. The fourth-order valence-corrected chi connectivity index (χ4v) is 1.39. The van der Waals surface area contributed by atoms with Crippen molar-refractivity contribution < 1.29 is 13.5 Å². The number of pyridine rings is 1. The Bertz CT molecular complexity index is 549. The highest BCUT2D eigenvalue weighted by molar-refractivity contribution is 5.36. The highest BCUT2D eigenvalue weighted by Gasteiger charge is 2.05. The van der Waals surface area contributed by atoms with Gasteiger partial charge < -0.3 is 10.2 Å². The number of aromatic nitrogens is 1. The van der Waals surface area contributed by atoms with Crippen molar-refractivity contribution in [1.82, 2.24) is 4.98 Å². The molecule has 1 heterocycles. The quantitative estimate of drug-likeness (QED) is 0.646. The van der Waals surface area contributed by atoms with E-state index in [1.807, 2.05) is 0 Å². The van der Waals surface area contributed by atoms with Gasteiger partial charge in [-0.15, -0.1) is 0 Å². The Morgan fingerprint density at radius 2 is 2.06 bits per heavy atom. The number of benzene rings is 1. The lowest BCUT2D eigenvalue weighted by Gasteiger charge is -2.08. The molecule has 94 valence electrons. The molecule has 1 aromatic carbocycles. The number of anilines is 1. The number of hydrazine groups is 1. The van der Waals surface area contributed by atoms with Gasteiger partial charge in [0.15, 0.2) is 11.6 Å². The van der Waals surface area contributed by atoms with E-state index in [0.29, 0.717) is 5.82 Å². The van der Waals surface area contributed by atoms with Gasteiger partial charge in [-0.2, -0.15) is 0 Å². The summed E-state index contributed by atoms with van der Waals surface area (Å²) in [5, 5.41) is 0. The molecule has 0 spiro atoms. The number of nitrogens with two attached hydrogens (primary N) is 1. The van der Waals surface area contributed by atoms with Crippen LogP contribution in [0.4, 0.5) is 14.6 Å². The van der Waals surface area contributed by atoms with E-state index in [1.54, 1.807) is 12.1 Å². The van der Waals surface area contributed by atoms with Gasteiger partial charge >= 0.3 is 0 Å².